The monoisotopic (exact) mass is 124 g/mol. The fourth-order valence-corrected chi connectivity index (χ4v) is 1.35. The summed E-state index contributed by atoms with van der Waals surface area (Å²) in [7, 11) is 0. The van der Waals surface area contributed by atoms with Gasteiger partial charge in [-0.3, -0.25) is 0 Å². The summed E-state index contributed by atoms with van der Waals surface area (Å²) in [6.45, 7) is 6.83. The molecule has 0 fully saturated rings. The van der Waals surface area contributed by atoms with Gasteiger partial charge in [0.1, 0.15) is 0 Å². The van der Waals surface area contributed by atoms with Crippen LogP contribution in [0.2, 0.25) is 0 Å². The van der Waals surface area contributed by atoms with E-state index in [0.717, 1.165) is 5.92 Å². The second-order valence-corrected chi connectivity index (χ2v) is 3.21. The van der Waals surface area contributed by atoms with Gasteiger partial charge < -0.3 is 0 Å². The van der Waals surface area contributed by atoms with E-state index >= 15 is 0 Å². The van der Waals surface area contributed by atoms with E-state index in [0.29, 0.717) is 0 Å². The molecule has 0 aromatic carbocycles. The minimum absolute atomic E-state index is 0.826. The smallest absolute Gasteiger partial charge is 0.0100 e. The Hall–Kier alpha value is -0.260. The van der Waals surface area contributed by atoms with Crippen molar-refractivity contribution < 1.29 is 0 Å². The molecule has 0 nitrogen and oxygen atoms in total. The van der Waals surface area contributed by atoms with Crippen LogP contribution in [0, 0.1) is 5.92 Å². The summed E-state index contributed by atoms with van der Waals surface area (Å²) in [5.74, 6) is 0.826. The average molecular weight is 124 g/mol. The number of allylic oxidation sites excluding steroid dienone is 2. The van der Waals surface area contributed by atoms with Crippen LogP contribution < -0.4 is 0 Å². The second-order valence-electron chi connectivity index (χ2n) is 3.21. The van der Waals surface area contributed by atoms with Crippen LogP contribution in [0.25, 0.3) is 0 Å². The molecule has 0 aromatic heterocycles. The molecule has 0 atom stereocenters. The molecule has 52 valence electrons. The maximum Gasteiger partial charge on any atom is -0.0100 e. The van der Waals surface area contributed by atoms with Gasteiger partial charge in [0.2, 0.25) is 0 Å². The highest BCUT2D eigenvalue weighted by atomic mass is 14.3. The van der Waals surface area contributed by atoms with Crippen LogP contribution in [0.4, 0.5) is 0 Å². The zero-order chi connectivity index (χ0) is 6.85. The predicted octanol–water partition coefficient (Wildman–Crippen LogP) is 3.14. The summed E-state index contributed by atoms with van der Waals surface area (Å²) in [5, 5.41) is 0. The van der Waals surface area contributed by atoms with Gasteiger partial charge >= 0.3 is 0 Å². The lowest BCUT2D eigenvalue weighted by Crippen LogP contribution is -1.78. The Kier molecular flexibility index (Phi) is 1.94. The Balaban J connectivity index is 2.31. The summed E-state index contributed by atoms with van der Waals surface area (Å²) < 4.78 is 0. The molecule has 0 N–H and O–H groups in total. The van der Waals surface area contributed by atoms with Crippen molar-refractivity contribution in [3.63, 3.8) is 0 Å². The van der Waals surface area contributed by atoms with Crippen molar-refractivity contribution in [2.75, 3.05) is 0 Å². The molecule has 1 aliphatic carbocycles. The Bertz CT molecular complexity index is 129. The quantitative estimate of drug-likeness (QED) is 0.507. The highest BCUT2D eigenvalue weighted by Gasteiger charge is 2.21. The Morgan fingerprint density at radius 2 is 2.11 bits per heavy atom. The molecule has 0 heterocycles. The number of hydrogen-bond acceptors (Lipinski definition) is 0. The van der Waals surface area contributed by atoms with Crippen LogP contribution >= 0.6 is 0 Å². The second kappa shape index (κ2) is 2.55. The van der Waals surface area contributed by atoms with Gasteiger partial charge in [0.15, 0.2) is 0 Å². The van der Waals surface area contributed by atoms with Crippen LogP contribution in [0.5, 0.6) is 0 Å². The number of rotatable bonds is 3. The van der Waals surface area contributed by atoms with Crippen molar-refractivity contribution in [3.05, 3.63) is 11.1 Å². The van der Waals surface area contributed by atoms with Gasteiger partial charge in [-0.15, -0.1) is 0 Å². The lowest BCUT2D eigenvalue weighted by atomic mass is 10.1. The van der Waals surface area contributed by atoms with E-state index in [9.17, 15) is 0 Å². The first kappa shape index (κ1) is 6.85. The van der Waals surface area contributed by atoms with Crippen molar-refractivity contribution in [2.24, 2.45) is 5.92 Å². The van der Waals surface area contributed by atoms with Crippen LogP contribution in [0.15, 0.2) is 11.1 Å². The molecule has 0 radical (unpaired) electrons. The molecule has 0 saturated heterocycles. The zero-order valence-corrected chi connectivity index (χ0v) is 6.70. The van der Waals surface area contributed by atoms with Crippen LogP contribution in [0.3, 0.4) is 0 Å². The van der Waals surface area contributed by atoms with Crippen LogP contribution in [-0.4, -0.2) is 0 Å². The fourth-order valence-electron chi connectivity index (χ4n) is 1.35. The summed E-state index contributed by atoms with van der Waals surface area (Å²) in [6.07, 6.45) is 4.03. The van der Waals surface area contributed by atoms with Gasteiger partial charge in [-0.25, -0.2) is 0 Å². The van der Waals surface area contributed by atoms with E-state index in [4.69, 9.17) is 0 Å². The summed E-state index contributed by atoms with van der Waals surface area (Å²) >= 11 is 0. The topological polar surface area (TPSA) is 0 Å². The zero-order valence-electron chi connectivity index (χ0n) is 6.70. The van der Waals surface area contributed by atoms with E-state index in [-0.39, 0.29) is 0 Å². The van der Waals surface area contributed by atoms with Gasteiger partial charge in [-0.05, 0) is 18.8 Å². The largest absolute Gasteiger partial charge is 0.0664 e. The van der Waals surface area contributed by atoms with Crippen molar-refractivity contribution in [2.45, 2.75) is 40.0 Å². The SMILES string of the molecule is CCCC1=C(C(C)C)C1. The minimum atomic E-state index is 0.826. The van der Waals surface area contributed by atoms with Crippen molar-refractivity contribution in [3.8, 4) is 0 Å². The molecule has 0 aromatic rings. The molecule has 0 unspecified atom stereocenters. The van der Waals surface area contributed by atoms with Gasteiger partial charge in [-0.2, -0.15) is 0 Å². The molecular weight excluding hydrogens is 108 g/mol. The molecule has 0 amide bonds. The molecule has 1 aliphatic rings. The standard InChI is InChI=1S/C9H16/c1-4-5-8-6-9(8)7(2)3/h7H,4-6H2,1-3H3. The molecule has 0 saturated carbocycles. The third-order valence-electron chi connectivity index (χ3n) is 1.98. The highest BCUT2D eigenvalue weighted by molar-refractivity contribution is 5.35. The van der Waals surface area contributed by atoms with E-state index in [1.165, 1.54) is 19.3 Å². The first-order valence-corrected chi connectivity index (χ1v) is 3.96. The van der Waals surface area contributed by atoms with Crippen molar-refractivity contribution in [1.29, 1.82) is 0 Å². The maximum atomic E-state index is 2.29. The lowest BCUT2D eigenvalue weighted by molar-refractivity contribution is 0.793. The molecule has 0 bridgehead atoms. The maximum absolute atomic E-state index is 2.29. The van der Waals surface area contributed by atoms with Crippen LogP contribution in [-0.2, 0) is 0 Å². The third kappa shape index (κ3) is 1.57. The van der Waals surface area contributed by atoms with Gasteiger partial charge in [0, 0.05) is 0 Å². The Morgan fingerprint density at radius 3 is 2.44 bits per heavy atom. The first-order valence-electron chi connectivity index (χ1n) is 3.96. The molecule has 0 spiro atoms. The molecule has 9 heavy (non-hydrogen) atoms. The normalized spacial score (nSPS) is 17.3. The van der Waals surface area contributed by atoms with Gasteiger partial charge in [0.25, 0.3) is 0 Å². The van der Waals surface area contributed by atoms with Gasteiger partial charge in [-0.1, -0.05) is 38.3 Å². The molecular formula is C9H16. The summed E-state index contributed by atoms with van der Waals surface area (Å²) in [5.41, 5.74) is 3.48. The van der Waals surface area contributed by atoms with Crippen LogP contribution in [0.1, 0.15) is 40.0 Å². The molecule has 0 heteroatoms. The minimum Gasteiger partial charge on any atom is -0.0664 e. The summed E-state index contributed by atoms with van der Waals surface area (Å²) in [4.78, 5) is 0. The average Bonchev–Trinajstić information content (AvgIpc) is 2.47. The van der Waals surface area contributed by atoms with Crippen molar-refractivity contribution >= 4 is 0 Å². The van der Waals surface area contributed by atoms with Crippen molar-refractivity contribution in [1.82, 2.24) is 0 Å². The van der Waals surface area contributed by atoms with E-state index in [1.807, 2.05) is 0 Å². The summed E-state index contributed by atoms with van der Waals surface area (Å²) in [6, 6.07) is 0. The highest BCUT2D eigenvalue weighted by Crippen LogP contribution is 2.39. The molecule has 1 rings (SSSR count). The first-order chi connectivity index (χ1) is 4.25. The predicted molar refractivity (Wildman–Crippen MR) is 41.4 cm³/mol. The molecule has 0 aliphatic heterocycles. The number of hydrogen-bond donors (Lipinski definition) is 0. The third-order valence-corrected chi connectivity index (χ3v) is 1.98. The Labute approximate surface area is 58.0 Å². The van der Waals surface area contributed by atoms with E-state index < -0.39 is 0 Å². The Morgan fingerprint density at radius 1 is 1.44 bits per heavy atom. The van der Waals surface area contributed by atoms with E-state index in [1.54, 1.807) is 11.1 Å². The lowest BCUT2D eigenvalue weighted by Gasteiger charge is -1.91. The van der Waals surface area contributed by atoms with E-state index in [2.05, 4.69) is 20.8 Å². The fraction of sp³-hybridized carbons (Fsp3) is 0.778. The van der Waals surface area contributed by atoms with Gasteiger partial charge in [0.05, 0.1) is 0 Å².